The highest BCUT2D eigenvalue weighted by Crippen LogP contribution is 2.22. The number of phenols is 2. The monoisotopic (exact) mass is 528 g/mol. The molecule has 2 aromatic rings. The van der Waals surface area contributed by atoms with E-state index in [4.69, 9.17) is 18.9 Å². The minimum Gasteiger partial charge on any atom is -0.507 e. The number of nitrogens with zero attached hydrogens (tertiary/aromatic N) is 4. The molecule has 2 saturated heterocycles. The number of methoxy groups -OCH3 is 2. The lowest BCUT2D eigenvalue weighted by Gasteiger charge is -2.25. The normalized spacial score (nSPS) is 16.9. The van der Waals surface area contributed by atoms with Crippen LogP contribution < -0.4 is 9.47 Å². The van der Waals surface area contributed by atoms with E-state index in [0.29, 0.717) is 22.6 Å². The Bertz CT molecular complexity index is 939. The maximum absolute atomic E-state index is 9.77. The van der Waals surface area contributed by atoms with Gasteiger partial charge in [0.15, 0.2) is 0 Å². The van der Waals surface area contributed by atoms with Gasteiger partial charge in [0, 0.05) is 75.0 Å². The molecule has 0 spiro atoms. The molecule has 0 aromatic heterocycles. The fourth-order valence-corrected chi connectivity index (χ4v) is 3.89. The highest BCUT2D eigenvalue weighted by molar-refractivity contribution is 5.84. The third kappa shape index (κ3) is 10.3. The third-order valence-electron chi connectivity index (χ3n) is 6.23. The fraction of sp³-hybridized carbons (Fsp3) is 0.500. The molecule has 0 bridgehead atoms. The van der Waals surface area contributed by atoms with E-state index in [1.165, 1.54) is 0 Å². The predicted octanol–water partition coefficient (Wildman–Crippen LogP) is 2.30. The van der Waals surface area contributed by atoms with Crippen LogP contribution in [0.3, 0.4) is 0 Å². The van der Waals surface area contributed by atoms with E-state index in [2.05, 4.69) is 19.8 Å². The van der Waals surface area contributed by atoms with Gasteiger partial charge < -0.3 is 29.2 Å². The van der Waals surface area contributed by atoms with Gasteiger partial charge in [0.25, 0.3) is 0 Å². The summed E-state index contributed by atoms with van der Waals surface area (Å²) in [5, 5.41) is 19.5. The van der Waals surface area contributed by atoms with Crippen molar-refractivity contribution in [2.45, 2.75) is 0 Å². The molecule has 2 aromatic carbocycles. The first-order valence-electron chi connectivity index (χ1n) is 12.9. The van der Waals surface area contributed by atoms with Crippen LogP contribution in [0.2, 0.25) is 0 Å². The molecule has 2 N–H and O–H groups in total. The first-order chi connectivity index (χ1) is 18.6. The predicted molar refractivity (Wildman–Crippen MR) is 149 cm³/mol. The van der Waals surface area contributed by atoms with Gasteiger partial charge in [0.1, 0.15) is 23.0 Å². The molecule has 208 valence electrons. The minimum absolute atomic E-state index is 0.189. The van der Waals surface area contributed by atoms with Crippen molar-refractivity contribution in [1.82, 2.24) is 9.80 Å². The molecule has 0 atom stereocenters. The second-order valence-corrected chi connectivity index (χ2v) is 8.83. The lowest BCUT2D eigenvalue weighted by molar-refractivity contribution is 0.0394. The molecule has 0 aliphatic carbocycles. The molecule has 0 unspecified atom stereocenters. The number of hydrogen-bond acceptors (Lipinski definition) is 10. The summed E-state index contributed by atoms with van der Waals surface area (Å²) < 4.78 is 20.6. The maximum atomic E-state index is 9.77. The number of rotatable bonds is 10. The zero-order chi connectivity index (χ0) is 27.0. The Morgan fingerprint density at radius 1 is 0.711 bits per heavy atom. The first-order valence-corrected chi connectivity index (χ1v) is 12.9. The minimum atomic E-state index is 0.189. The zero-order valence-corrected chi connectivity index (χ0v) is 22.4. The Balaban J connectivity index is 0.000000211. The van der Waals surface area contributed by atoms with E-state index >= 15 is 0 Å². The molecule has 2 aliphatic rings. The van der Waals surface area contributed by atoms with E-state index in [1.54, 1.807) is 50.9 Å². The van der Waals surface area contributed by atoms with Gasteiger partial charge in [0.2, 0.25) is 0 Å². The van der Waals surface area contributed by atoms with Gasteiger partial charge in [-0.3, -0.25) is 19.8 Å². The number of phenolic OH excluding ortho intramolecular Hbond substituents is 2. The Morgan fingerprint density at radius 2 is 1.11 bits per heavy atom. The lowest BCUT2D eigenvalue weighted by atomic mass is 10.2. The summed E-state index contributed by atoms with van der Waals surface area (Å²) in [6.45, 7) is 10.4. The summed E-state index contributed by atoms with van der Waals surface area (Å²) in [6.07, 6.45) is 3.41. The topological polar surface area (TPSA) is 109 Å². The molecule has 2 heterocycles. The fourth-order valence-electron chi connectivity index (χ4n) is 3.89. The summed E-state index contributed by atoms with van der Waals surface area (Å²) in [6, 6.07) is 10.4. The van der Waals surface area contributed by atoms with Gasteiger partial charge in [-0.2, -0.15) is 0 Å². The van der Waals surface area contributed by atoms with Crippen LogP contribution >= 0.6 is 0 Å². The van der Waals surface area contributed by atoms with Gasteiger partial charge in [0.05, 0.1) is 53.7 Å². The number of ether oxygens (including phenoxy) is 4. The molecule has 10 heteroatoms. The largest absolute Gasteiger partial charge is 0.507 e. The Hall–Kier alpha value is -3.18. The number of hydrogen-bond donors (Lipinski definition) is 2. The average Bonchev–Trinajstić information content (AvgIpc) is 2.96. The van der Waals surface area contributed by atoms with Gasteiger partial charge in [-0.15, -0.1) is 0 Å². The molecule has 0 radical (unpaired) electrons. The van der Waals surface area contributed by atoms with Crippen molar-refractivity contribution in [3.05, 3.63) is 47.5 Å². The smallest absolute Gasteiger partial charge is 0.128 e. The molecular weight excluding hydrogens is 488 g/mol. The van der Waals surface area contributed by atoms with E-state index in [0.717, 1.165) is 78.8 Å². The highest BCUT2D eigenvalue weighted by Gasteiger charge is 2.09. The molecule has 0 saturated carbocycles. The molecule has 38 heavy (non-hydrogen) atoms. The summed E-state index contributed by atoms with van der Waals surface area (Å²) in [5.41, 5.74) is 1.42. The van der Waals surface area contributed by atoms with Crippen LogP contribution in [0.5, 0.6) is 23.0 Å². The van der Waals surface area contributed by atoms with Crippen molar-refractivity contribution in [3.8, 4) is 23.0 Å². The summed E-state index contributed by atoms with van der Waals surface area (Å²) in [5.74, 6) is 1.66. The summed E-state index contributed by atoms with van der Waals surface area (Å²) in [7, 11) is 3.15. The Labute approximate surface area is 225 Å². The van der Waals surface area contributed by atoms with Gasteiger partial charge >= 0.3 is 0 Å². The van der Waals surface area contributed by atoms with Crippen molar-refractivity contribution in [1.29, 1.82) is 0 Å². The van der Waals surface area contributed by atoms with E-state index in [9.17, 15) is 10.2 Å². The molecule has 2 aliphatic heterocycles. The van der Waals surface area contributed by atoms with Crippen LogP contribution in [0, 0.1) is 0 Å². The SMILES string of the molecule is COc1ccc(C=NCCN2CCOCC2)c(O)c1.COc1ccc(C=NCCN2CCOCC2)c(O)c1. The molecule has 0 amide bonds. The van der Waals surface area contributed by atoms with E-state index < -0.39 is 0 Å². The zero-order valence-electron chi connectivity index (χ0n) is 22.4. The van der Waals surface area contributed by atoms with Gasteiger partial charge in [-0.05, 0) is 24.3 Å². The summed E-state index contributed by atoms with van der Waals surface area (Å²) in [4.78, 5) is 13.3. The van der Waals surface area contributed by atoms with Crippen molar-refractivity contribution in [2.75, 3.05) is 93.0 Å². The second-order valence-electron chi connectivity index (χ2n) is 8.83. The van der Waals surface area contributed by atoms with Crippen LogP contribution in [-0.2, 0) is 9.47 Å². The summed E-state index contributed by atoms with van der Waals surface area (Å²) >= 11 is 0. The highest BCUT2D eigenvalue weighted by atomic mass is 16.5. The number of morpholine rings is 2. The van der Waals surface area contributed by atoms with Crippen molar-refractivity contribution in [2.24, 2.45) is 9.98 Å². The van der Waals surface area contributed by atoms with Crippen LogP contribution in [0.25, 0.3) is 0 Å². The molecular formula is C28H40N4O6. The quantitative estimate of drug-likeness (QED) is 0.453. The second kappa shape index (κ2) is 16.6. The van der Waals surface area contributed by atoms with E-state index in [1.807, 2.05) is 12.1 Å². The van der Waals surface area contributed by atoms with Crippen molar-refractivity contribution in [3.63, 3.8) is 0 Å². The number of aromatic hydroxyl groups is 2. The lowest BCUT2D eigenvalue weighted by Crippen LogP contribution is -2.37. The van der Waals surface area contributed by atoms with E-state index in [-0.39, 0.29) is 11.5 Å². The van der Waals surface area contributed by atoms with Crippen molar-refractivity contribution < 1.29 is 29.2 Å². The van der Waals surface area contributed by atoms with Crippen LogP contribution in [0.4, 0.5) is 0 Å². The van der Waals surface area contributed by atoms with Crippen LogP contribution in [0.1, 0.15) is 11.1 Å². The van der Waals surface area contributed by atoms with Gasteiger partial charge in [-0.25, -0.2) is 0 Å². The molecule has 10 nitrogen and oxygen atoms in total. The first kappa shape index (κ1) is 29.4. The van der Waals surface area contributed by atoms with Crippen LogP contribution in [0.15, 0.2) is 46.4 Å². The van der Waals surface area contributed by atoms with Crippen molar-refractivity contribution >= 4 is 12.4 Å². The third-order valence-corrected chi connectivity index (χ3v) is 6.23. The van der Waals surface area contributed by atoms with Crippen LogP contribution in [-0.4, -0.2) is 125 Å². The molecule has 4 rings (SSSR count). The Morgan fingerprint density at radius 3 is 1.45 bits per heavy atom. The van der Waals surface area contributed by atoms with Gasteiger partial charge in [-0.1, -0.05) is 0 Å². The average molecular weight is 529 g/mol. The Kier molecular flexibility index (Phi) is 12.8. The number of aliphatic imine (C=N–C) groups is 2. The number of benzene rings is 2. The molecule has 2 fully saturated rings. The standard InChI is InChI=1S/2C14H20N2O3/c2*1-18-13-3-2-12(14(17)10-13)11-15-4-5-16-6-8-19-9-7-16/h2*2-3,10-11,17H,4-9H2,1H3. The maximum Gasteiger partial charge on any atom is 0.128 e.